The third-order valence-electron chi connectivity index (χ3n) is 6.22. The number of sulfonamides is 1. The van der Waals surface area contributed by atoms with Crippen LogP contribution in [0.15, 0.2) is 46.2 Å². The molecule has 0 radical (unpaired) electrons. The van der Waals surface area contributed by atoms with Crippen LogP contribution in [-0.4, -0.2) is 34.3 Å². The number of benzene rings is 1. The molecule has 35 heavy (non-hydrogen) atoms. The Balaban J connectivity index is 1.50. The van der Waals surface area contributed by atoms with Crippen molar-refractivity contribution < 1.29 is 18.3 Å². The third kappa shape index (κ3) is 4.30. The number of nitrogens with zero attached hydrogens (tertiary/aromatic N) is 3. The maximum atomic E-state index is 13.0. The molecule has 3 heterocycles. The van der Waals surface area contributed by atoms with Gasteiger partial charge in [0.15, 0.2) is 5.65 Å². The standard InChI is InChI=1S/C24H25N5O4S2/c1-24(2,31)15-11-20(34-13-15)35(32,33)28-23(30)27-21-16-6-4-5-14(16)7-8-18(21)17-9-10-25-22-19(17)12-26-29(22)3/h7-13,31H,4-6H2,1-3H3,(H2,27,28,30). The van der Waals surface area contributed by atoms with E-state index in [1.807, 2.05) is 19.2 Å². The number of urea groups is 1. The maximum absolute atomic E-state index is 13.0. The van der Waals surface area contributed by atoms with E-state index in [1.54, 1.807) is 36.3 Å². The van der Waals surface area contributed by atoms with Gasteiger partial charge in [-0.25, -0.2) is 22.9 Å². The van der Waals surface area contributed by atoms with Crippen LogP contribution in [0.3, 0.4) is 0 Å². The Labute approximate surface area is 206 Å². The predicted octanol–water partition coefficient (Wildman–Crippen LogP) is 3.92. The summed E-state index contributed by atoms with van der Waals surface area (Å²) in [6, 6.07) is 6.41. The number of amides is 2. The van der Waals surface area contributed by atoms with Crippen molar-refractivity contribution in [3.8, 4) is 11.1 Å². The largest absolute Gasteiger partial charge is 0.386 e. The molecular formula is C24H25N5O4S2. The van der Waals surface area contributed by atoms with E-state index in [4.69, 9.17) is 0 Å². The summed E-state index contributed by atoms with van der Waals surface area (Å²) in [7, 11) is -2.31. The molecule has 3 N–H and O–H groups in total. The van der Waals surface area contributed by atoms with Gasteiger partial charge >= 0.3 is 6.03 Å². The number of aliphatic hydroxyl groups is 1. The molecule has 4 aromatic rings. The van der Waals surface area contributed by atoms with Crippen LogP contribution in [0.2, 0.25) is 0 Å². The molecular weight excluding hydrogens is 486 g/mol. The Bertz CT molecular complexity index is 1560. The molecule has 0 unspecified atom stereocenters. The first-order valence-electron chi connectivity index (χ1n) is 11.1. The van der Waals surface area contributed by atoms with E-state index in [0.29, 0.717) is 16.9 Å². The average Bonchev–Trinajstić information content (AvgIpc) is 3.53. The number of fused-ring (bicyclic) bond motifs is 2. The summed E-state index contributed by atoms with van der Waals surface area (Å²) in [5, 5.41) is 19.7. The number of anilines is 1. The van der Waals surface area contributed by atoms with Gasteiger partial charge in [0.2, 0.25) is 0 Å². The summed E-state index contributed by atoms with van der Waals surface area (Å²) in [6.45, 7) is 3.14. The van der Waals surface area contributed by atoms with Crippen molar-refractivity contribution in [2.75, 3.05) is 5.32 Å². The van der Waals surface area contributed by atoms with Crippen molar-refractivity contribution >= 4 is 44.1 Å². The van der Waals surface area contributed by atoms with Gasteiger partial charge < -0.3 is 10.4 Å². The van der Waals surface area contributed by atoms with Gasteiger partial charge in [-0.1, -0.05) is 12.1 Å². The first kappa shape index (κ1) is 23.5. The highest BCUT2D eigenvalue weighted by atomic mass is 32.2. The molecule has 1 aliphatic rings. The second-order valence-electron chi connectivity index (χ2n) is 9.12. The summed E-state index contributed by atoms with van der Waals surface area (Å²) < 4.78 is 29.5. The number of thiophene rings is 1. The first-order valence-corrected chi connectivity index (χ1v) is 13.5. The van der Waals surface area contributed by atoms with Crippen LogP contribution in [0.25, 0.3) is 22.2 Å². The number of pyridine rings is 1. The van der Waals surface area contributed by atoms with Crippen LogP contribution in [0.5, 0.6) is 0 Å². The Morgan fingerprint density at radius 1 is 1.20 bits per heavy atom. The summed E-state index contributed by atoms with van der Waals surface area (Å²) in [5.74, 6) is 0. The maximum Gasteiger partial charge on any atom is 0.333 e. The van der Waals surface area contributed by atoms with Crippen molar-refractivity contribution in [3.63, 3.8) is 0 Å². The second kappa shape index (κ2) is 8.43. The van der Waals surface area contributed by atoms with Gasteiger partial charge in [-0.3, -0.25) is 4.68 Å². The summed E-state index contributed by atoms with van der Waals surface area (Å²) in [4.78, 5) is 17.4. The number of hydrogen-bond acceptors (Lipinski definition) is 7. The summed E-state index contributed by atoms with van der Waals surface area (Å²) >= 11 is 0.949. The number of carbonyl (C=O) groups excluding carboxylic acids is 1. The van der Waals surface area contributed by atoms with Crippen molar-refractivity contribution in [3.05, 3.63) is 58.7 Å². The molecule has 11 heteroatoms. The van der Waals surface area contributed by atoms with E-state index in [0.717, 1.165) is 58.2 Å². The molecule has 0 saturated carbocycles. The highest BCUT2D eigenvalue weighted by Crippen LogP contribution is 2.39. The normalized spacial score (nSPS) is 13.7. The second-order valence-corrected chi connectivity index (χ2v) is 11.9. The minimum absolute atomic E-state index is 0.0468. The molecule has 182 valence electrons. The fraction of sp³-hybridized carbons (Fsp3) is 0.292. The molecule has 1 aliphatic carbocycles. The molecule has 9 nitrogen and oxygen atoms in total. The van der Waals surface area contributed by atoms with Crippen LogP contribution < -0.4 is 10.0 Å². The van der Waals surface area contributed by atoms with E-state index < -0.39 is 21.7 Å². The summed E-state index contributed by atoms with van der Waals surface area (Å²) in [6.07, 6.45) is 6.07. The Morgan fingerprint density at radius 3 is 2.74 bits per heavy atom. The van der Waals surface area contributed by atoms with Crippen molar-refractivity contribution in [1.82, 2.24) is 19.5 Å². The van der Waals surface area contributed by atoms with Crippen molar-refractivity contribution in [2.45, 2.75) is 42.9 Å². The van der Waals surface area contributed by atoms with Crippen molar-refractivity contribution in [1.29, 1.82) is 0 Å². The number of nitrogens with one attached hydrogen (secondary N) is 2. The fourth-order valence-corrected chi connectivity index (χ4v) is 6.65. The van der Waals surface area contributed by atoms with E-state index in [2.05, 4.69) is 26.2 Å². The predicted molar refractivity (Wildman–Crippen MR) is 135 cm³/mol. The Hall–Kier alpha value is -3.28. The van der Waals surface area contributed by atoms with E-state index in [-0.39, 0.29) is 4.21 Å². The van der Waals surface area contributed by atoms with Gasteiger partial charge in [0.1, 0.15) is 4.21 Å². The molecule has 0 bridgehead atoms. The molecule has 5 rings (SSSR count). The van der Waals surface area contributed by atoms with Crippen LogP contribution in [0.1, 0.15) is 37.0 Å². The molecule has 1 aromatic carbocycles. The van der Waals surface area contributed by atoms with Crippen LogP contribution in [-0.2, 0) is 35.5 Å². The Kier molecular flexibility index (Phi) is 5.65. The Morgan fingerprint density at radius 2 is 2.00 bits per heavy atom. The van der Waals surface area contributed by atoms with Gasteiger partial charge in [0.25, 0.3) is 10.0 Å². The number of rotatable bonds is 5. The molecule has 2 amide bonds. The lowest BCUT2D eigenvalue weighted by molar-refractivity contribution is 0.0789. The molecule has 0 saturated heterocycles. The van der Waals surface area contributed by atoms with Crippen LogP contribution in [0, 0.1) is 0 Å². The van der Waals surface area contributed by atoms with Gasteiger partial charge in [0, 0.05) is 24.2 Å². The van der Waals surface area contributed by atoms with Gasteiger partial charge in [-0.2, -0.15) is 5.10 Å². The van der Waals surface area contributed by atoms with Crippen LogP contribution in [0.4, 0.5) is 10.5 Å². The average molecular weight is 512 g/mol. The zero-order valence-corrected chi connectivity index (χ0v) is 21.1. The highest BCUT2D eigenvalue weighted by Gasteiger charge is 2.26. The lowest BCUT2D eigenvalue weighted by Crippen LogP contribution is -2.34. The van der Waals surface area contributed by atoms with Gasteiger partial charge in [-0.05, 0) is 72.9 Å². The molecule has 3 aromatic heterocycles. The topological polar surface area (TPSA) is 126 Å². The first-order chi connectivity index (χ1) is 16.5. The third-order valence-corrected chi connectivity index (χ3v) is 8.99. The number of hydrogen-bond donors (Lipinski definition) is 3. The minimum atomic E-state index is -4.12. The van der Waals surface area contributed by atoms with Crippen LogP contribution >= 0.6 is 11.3 Å². The monoisotopic (exact) mass is 511 g/mol. The zero-order chi connectivity index (χ0) is 25.0. The van der Waals surface area contributed by atoms with Gasteiger partial charge in [-0.15, -0.1) is 11.3 Å². The minimum Gasteiger partial charge on any atom is -0.386 e. The SMILES string of the molecule is Cn1ncc2c(-c3ccc4c(c3NC(=O)NS(=O)(=O)c3cc(C(C)(C)O)cs3)CCC4)ccnc21. The fourth-order valence-electron chi connectivity index (χ4n) is 4.40. The lowest BCUT2D eigenvalue weighted by Gasteiger charge is -2.17. The smallest absolute Gasteiger partial charge is 0.333 e. The lowest BCUT2D eigenvalue weighted by atomic mass is 9.96. The zero-order valence-electron chi connectivity index (χ0n) is 19.5. The number of aryl methyl sites for hydroxylation is 2. The molecule has 0 aliphatic heterocycles. The quantitative estimate of drug-likeness (QED) is 0.373. The molecule has 0 atom stereocenters. The number of carbonyl (C=O) groups is 1. The highest BCUT2D eigenvalue weighted by molar-refractivity contribution is 7.92. The van der Waals surface area contributed by atoms with Gasteiger partial charge in [0.05, 0.1) is 17.5 Å². The van der Waals surface area contributed by atoms with E-state index in [9.17, 15) is 18.3 Å². The number of aromatic nitrogens is 3. The van der Waals surface area contributed by atoms with E-state index >= 15 is 0 Å². The van der Waals surface area contributed by atoms with E-state index in [1.165, 1.54) is 6.07 Å². The molecule has 0 fully saturated rings. The molecule has 0 spiro atoms. The van der Waals surface area contributed by atoms with Crippen molar-refractivity contribution in [2.24, 2.45) is 7.05 Å². The summed E-state index contributed by atoms with van der Waals surface area (Å²) in [5.41, 5.74) is 4.34.